The van der Waals surface area contributed by atoms with Gasteiger partial charge in [-0.15, -0.1) is 0 Å². The van der Waals surface area contributed by atoms with E-state index in [2.05, 4.69) is 0 Å². The van der Waals surface area contributed by atoms with Gasteiger partial charge >= 0.3 is 13.6 Å². The smallest absolute Gasteiger partial charge is 0.326 e. The molecule has 0 amide bonds. The number of rotatable bonds is 6. The van der Waals surface area contributed by atoms with Gasteiger partial charge in [-0.2, -0.15) is 0 Å². The lowest BCUT2D eigenvalue weighted by Gasteiger charge is -2.19. The van der Waals surface area contributed by atoms with Crippen molar-refractivity contribution in [3.63, 3.8) is 0 Å². The van der Waals surface area contributed by atoms with Gasteiger partial charge in [-0.1, -0.05) is 0 Å². The molecule has 0 aliphatic carbocycles. The summed E-state index contributed by atoms with van der Waals surface area (Å²) in [5.74, 6) is 2.73. The van der Waals surface area contributed by atoms with Gasteiger partial charge in [0, 0.05) is 18.9 Å². The van der Waals surface area contributed by atoms with E-state index in [1.807, 2.05) is 0 Å². The highest BCUT2D eigenvalue weighted by atomic mass is 31.2. The number of hydrogen-bond donors (Lipinski definition) is 5. The summed E-state index contributed by atoms with van der Waals surface area (Å²) in [5, 5.41) is 9.63. The molecule has 0 aliphatic heterocycles. The summed E-state index contributed by atoms with van der Waals surface area (Å²) in [6.07, 6.45) is 1.54. The highest BCUT2D eigenvalue weighted by molar-refractivity contribution is 7.51. The summed E-state index contributed by atoms with van der Waals surface area (Å²) < 4.78 is 10.6. The van der Waals surface area contributed by atoms with E-state index in [1.54, 1.807) is 0 Å². The molecule has 8 nitrogen and oxygen atoms in total. The standard InChI is InChI=1S/C6H14N3O5P/c7-1-2-9(8)3-5(6(10)11)4-15(12,13)14/h1-2,5H,3-4,7-8H2,(H,10,11)(H2,12,13,14)/b2-1-. The van der Waals surface area contributed by atoms with Crippen molar-refractivity contribution in [1.29, 1.82) is 0 Å². The van der Waals surface area contributed by atoms with Crippen molar-refractivity contribution in [2.75, 3.05) is 12.7 Å². The van der Waals surface area contributed by atoms with Crippen LogP contribution in [0.25, 0.3) is 0 Å². The predicted molar refractivity (Wildman–Crippen MR) is 52.3 cm³/mol. The molecular weight excluding hydrogens is 225 g/mol. The zero-order valence-corrected chi connectivity index (χ0v) is 8.75. The molecule has 0 heterocycles. The number of carbonyl (C=O) groups is 1. The number of carboxylic acid groups (broad SMARTS) is 1. The Morgan fingerprint density at radius 2 is 2.07 bits per heavy atom. The summed E-state index contributed by atoms with van der Waals surface area (Å²) in [6, 6.07) is 0. The Hall–Kier alpha value is -1.08. The summed E-state index contributed by atoms with van der Waals surface area (Å²) in [5.41, 5.74) is 5.01. The first kappa shape index (κ1) is 13.9. The van der Waals surface area contributed by atoms with Gasteiger partial charge in [0.25, 0.3) is 0 Å². The third-order valence-corrected chi connectivity index (χ3v) is 2.43. The zero-order valence-electron chi connectivity index (χ0n) is 7.85. The van der Waals surface area contributed by atoms with Crippen LogP contribution in [0.1, 0.15) is 0 Å². The Morgan fingerprint density at radius 1 is 1.53 bits per heavy atom. The van der Waals surface area contributed by atoms with Crippen LogP contribution in [0.4, 0.5) is 0 Å². The Bertz CT molecular complexity index is 288. The van der Waals surface area contributed by atoms with Crippen molar-refractivity contribution in [1.82, 2.24) is 5.01 Å². The van der Waals surface area contributed by atoms with Gasteiger partial charge in [-0.3, -0.25) is 9.36 Å². The number of hydrazine groups is 1. The number of hydrogen-bond acceptors (Lipinski definition) is 5. The molecule has 0 bridgehead atoms. The summed E-state index contributed by atoms with van der Waals surface area (Å²) in [4.78, 5) is 27.9. The number of nitrogens with zero attached hydrogens (tertiary/aromatic N) is 1. The fraction of sp³-hybridized carbons (Fsp3) is 0.500. The Kier molecular flexibility index (Phi) is 5.31. The molecule has 15 heavy (non-hydrogen) atoms. The fourth-order valence-electron chi connectivity index (χ4n) is 0.927. The first-order valence-corrected chi connectivity index (χ1v) is 5.73. The molecular formula is C6H14N3O5P. The van der Waals surface area contributed by atoms with E-state index in [-0.39, 0.29) is 6.54 Å². The quantitative estimate of drug-likeness (QED) is 0.213. The Morgan fingerprint density at radius 3 is 2.40 bits per heavy atom. The van der Waals surface area contributed by atoms with E-state index in [0.717, 1.165) is 11.2 Å². The third kappa shape index (κ3) is 6.92. The monoisotopic (exact) mass is 239 g/mol. The van der Waals surface area contributed by atoms with Crippen LogP contribution in [-0.4, -0.2) is 38.6 Å². The molecule has 0 fully saturated rings. The van der Waals surface area contributed by atoms with Crippen LogP contribution in [0.5, 0.6) is 0 Å². The van der Waals surface area contributed by atoms with Crippen molar-refractivity contribution in [3.8, 4) is 0 Å². The molecule has 0 saturated carbocycles. The van der Waals surface area contributed by atoms with Crippen LogP contribution in [0.2, 0.25) is 0 Å². The summed E-state index contributed by atoms with van der Waals surface area (Å²) in [6.45, 7) is -0.228. The van der Waals surface area contributed by atoms with Gasteiger partial charge < -0.3 is 25.6 Å². The normalized spacial score (nSPS) is 14.1. The largest absolute Gasteiger partial charge is 0.481 e. The minimum atomic E-state index is -4.37. The van der Waals surface area contributed by atoms with Gasteiger partial charge in [-0.05, 0) is 0 Å². The van der Waals surface area contributed by atoms with Crippen molar-refractivity contribution < 1.29 is 24.3 Å². The molecule has 1 unspecified atom stereocenters. The number of carboxylic acids is 1. The van der Waals surface area contributed by atoms with Crippen LogP contribution >= 0.6 is 7.60 Å². The highest BCUT2D eigenvalue weighted by Crippen LogP contribution is 2.36. The number of aliphatic carboxylic acids is 1. The summed E-state index contributed by atoms with van der Waals surface area (Å²) >= 11 is 0. The first-order chi connectivity index (χ1) is 6.76. The topological polar surface area (TPSA) is 150 Å². The maximum Gasteiger partial charge on any atom is 0.326 e. The van der Waals surface area contributed by atoms with Crippen molar-refractivity contribution >= 4 is 13.6 Å². The van der Waals surface area contributed by atoms with E-state index in [1.165, 1.54) is 6.20 Å². The van der Waals surface area contributed by atoms with E-state index < -0.39 is 25.6 Å². The van der Waals surface area contributed by atoms with Crippen molar-refractivity contribution in [2.45, 2.75) is 0 Å². The SMILES string of the molecule is N/C=C\N(N)CC(CP(=O)(O)O)C(=O)O. The lowest BCUT2D eigenvalue weighted by molar-refractivity contribution is -0.141. The maximum atomic E-state index is 10.6. The minimum absolute atomic E-state index is 0.228. The molecule has 0 spiro atoms. The fourth-order valence-corrected chi connectivity index (χ4v) is 1.77. The van der Waals surface area contributed by atoms with Crippen LogP contribution in [0.15, 0.2) is 12.4 Å². The predicted octanol–water partition coefficient (Wildman–Crippen LogP) is -1.53. The maximum absolute atomic E-state index is 10.6. The van der Waals surface area contributed by atoms with E-state index in [0.29, 0.717) is 0 Å². The highest BCUT2D eigenvalue weighted by Gasteiger charge is 2.27. The molecule has 1 atom stereocenters. The van der Waals surface area contributed by atoms with Gasteiger partial charge in [0.2, 0.25) is 0 Å². The molecule has 0 aliphatic rings. The van der Waals surface area contributed by atoms with Gasteiger partial charge in [-0.25, -0.2) is 5.84 Å². The second-order valence-corrected chi connectivity index (χ2v) is 4.62. The molecule has 88 valence electrons. The van der Waals surface area contributed by atoms with Crippen LogP contribution in [-0.2, 0) is 9.36 Å². The van der Waals surface area contributed by atoms with Crippen molar-refractivity contribution in [2.24, 2.45) is 17.5 Å². The third-order valence-electron chi connectivity index (χ3n) is 1.52. The second kappa shape index (κ2) is 5.72. The molecule has 0 saturated heterocycles. The van der Waals surface area contributed by atoms with E-state index in [9.17, 15) is 9.36 Å². The number of nitrogens with two attached hydrogens (primary N) is 2. The molecule has 9 heteroatoms. The average molecular weight is 239 g/mol. The van der Waals surface area contributed by atoms with Gasteiger partial charge in [0.05, 0.1) is 12.1 Å². The first-order valence-electron chi connectivity index (χ1n) is 3.93. The lowest BCUT2D eigenvalue weighted by Crippen LogP contribution is -2.36. The molecule has 0 aromatic rings. The lowest BCUT2D eigenvalue weighted by atomic mass is 10.2. The van der Waals surface area contributed by atoms with Crippen LogP contribution < -0.4 is 11.6 Å². The van der Waals surface area contributed by atoms with E-state index >= 15 is 0 Å². The molecule has 0 aromatic heterocycles. The van der Waals surface area contributed by atoms with Gasteiger partial charge in [0.15, 0.2) is 0 Å². The van der Waals surface area contributed by atoms with Crippen molar-refractivity contribution in [3.05, 3.63) is 12.4 Å². The molecule has 0 aromatic carbocycles. The average Bonchev–Trinajstić information content (AvgIpc) is 2.00. The molecule has 0 radical (unpaired) electrons. The summed E-state index contributed by atoms with van der Waals surface area (Å²) in [7, 11) is -4.37. The van der Waals surface area contributed by atoms with Crippen LogP contribution in [0.3, 0.4) is 0 Å². The van der Waals surface area contributed by atoms with Gasteiger partial charge in [0.1, 0.15) is 0 Å². The molecule has 0 rings (SSSR count). The molecule has 7 N–H and O–H groups in total. The second-order valence-electron chi connectivity index (χ2n) is 2.92. The van der Waals surface area contributed by atoms with Crippen LogP contribution in [0, 0.1) is 5.92 Å². The zero-order chi connectivity index (χ0) is 12.1. The minimum Gasteiger partial charge on any atom is -0.481 e. The Labute approximate surface area is 86.3 Å². The Balaban J connectivity index is 4.42. The van der Waals surface area contributed by atoms with E-state index in [4.69, 9.17) is 26.5 Å².